The number of amides is 1. The average molecular weight is 227 g/mol. The molecule has 1 amide bonds. The van der Waals surface area contributed by atoms with Gasteiger partial charge < -0.3 is 20.0 Å². The van der Waals surface area contributed by atoms with Gasteiger partial charge in [-0.25, -0.2) is 4.79 Å². The molecular formula is C10H17N3O3. The third kappa shape index (κ3) is 2.96. The molecule has 6 heteroatoms. The van der Waals surface area contributed by atoms with Crippen LogP contribution in [-0.2, 0) is 0 Å². The number of aliphatic hydroxyl groups excluding tert-OH is 1. The predicted octanol–water partition coefficient (Wildman–Crippen LogP) is -0.0640. The largest absolute Gasteiger partial charge is 0.396 e. The number of aromatic amines is 2. The molecule has 16 heavy (non-hydrogen) atoms. The Kier molecular flexibility index (Phi) is 4.30. The van der Waals surface area contributed by atoms with Gasteiger partial charge in [-0.05, 0) is 20.3 Å². The molecule has 1 aromatic heterocycles. The van der Waals surface area contributed by atoms with Crippen LogP contribution in [0.1, 0.15) is 30.8 Å². The quantitative estimate of drug-likeness (QED) is 0.658. The number of carbonyl (C=O) groups excluding carboxylic acids is 1. The fourth-order valence-electron chi connectivity index (χ4n) is 1.44. The molecule has 0 saturated carbocycles. The summed E-state index contributed by atoms with van der Waals surface area (Å²) in [5, 5.41) is 8.75. The third-order valence-electron chi connectivity index (χ3n) is 2.27. The predicted molar refractivity (Wildman–Crippen MR) is 59.3 cm³/mol. The summed E-state index contributed by atoms with van der Waals surface area (Å²) < 4.78 is 0. The minimum Gasteiger partial charge on any atom is -0.396 e. The van der Waals surface area contributed by atoms with Crippen LogP contribution in [0.25, 0.3) is 0 Å². The van der Waals surface area contributed by atoms with E-state index in [1.54, 1.807) is 4.90 Å². The van der Waals surface area contributed by atoms with Gasteiger partial charge in [-0.2, -0.15) is 0 Å². The van der Waals surface area contributed by atoms with E-state index in [1.165, 1.54) is 6.20 Å². The lowest BCUT2D eigenvalue weighted by atomic mass is 10.2. The molecule has 90 valence electrons. The molecule has 0 radical (unpaired) electrons. The fourth-order valence-corrected chi connectivity index (χ4v) is 1.44. The van der Waals surface area contributed by atoms with Gasteiger partial charge in [0.2, 0.25) is 0 Å². The van der Waals surface area contributed by atoms with E-state index in [2.05, 4.69) is 9.97 Å². The first-order valence-corrected chi connectivity index (χ1v) is 5.25. The second-order valence-electron chi connectivity index (χ2n) is 3.83. The molecule has 0 aromatic carbocycles. The van der Waals surface area contributed by atoms with Gasteiger partial charge in [-0.15, -0.1) is 0 Å². The highest BCUT2D eigenvalue weighted by Crippen LogP contribution is 2.05. The molecule has 0 fully saturated rings. The Morgan fingerprint density at radius 3 is 2.69 bits per heavy atom. The van der Waals surface area contributed by atoms with Crippen LogP contribution >= 0.6 is 0 Å². The van der Waals surface area contributed by atoms with Crippen molar-refractivity contribution >= 4 is 5.91 Å². The molecule has 0 spiro atoms. The first-order valence-electron chi connectivity index (χ1n) is 5.25. The molecular weight excluding hydrogens is 210 g/mol. The summed E-state index contributed by atoms with van der Waals surface area (Å²) >= 11 is 0. The number of rotatable bonds is 5. The van der Waals surface area contributed by atoms with Crippen molar-refractivity contribution in [3.8, 4) is 0 Å². The van der Waals surface area contributed by atoms with Crippen molar-refractivity contribution in [2.75, 3.05) is 13.2 Å². The Morgan fingerprint density at radius 1 is 1.56 bits per heavy atom. The lowest BCUT2D eigenvalue weighted by molar-refractivity contribution is 0.0687. The van der Waals surface area contributed by atoms with Crippen LogP contribution in [0.4, 0.5) is 0 Å². The van der Waals surface area contributed by atoms with Crippen molar-refractivity contribution in [3.05, 3.63) is 22.4 Å². The van der Waals surface area contributed by atoms with Gasteiger partial charge in [0.1, 0.15) is 5.69 Å². The van der Waals surface area contributed by atoms with Gasteiger partial charge in [0.25, 0.3) is 5.91 Å². The van der Waals surface area contributed by atoms with Gasteiger partial charge >= 0.3 is 5.69 Å². The van der Waals surface area contributed by atoms with Crippen molar-refractivity contribution in [2.24, 2.45) is 0 Å². The topological polar surface area (TPSA) is 89.2 Å². The Morgan fingerprint density at radius 2 is 2.25 bits per heavy atom. The maximum absolute atomic E-state index is 12.0. The van der Waals surface area contributed by atoms with E-state index in [-0.39, 0.29) is 24.2 Å². The van der Waals surface area contributed by atoms with Crippen LogP contribution in [0.15, 0.2) is 11.0 Å². The molecule has 6 nitrogen and oxygen atoms in total. The Hall–Kier alpha value is -1.56. The van der Waals surface area contributed by atoms with E-state index in [1.807, 2.05) is 13.8 Å². The van der Waals surface area contributed by atoms with Crippen LogP contribution in [0.2, 0.25) is 0 Å². The summed E-state index contributed by atoms with van der Waals surface area (Å²) in [4.78, 5) is 29.3. The molecule has 0 unspecified atom stereocenters. The highest BCUT2D eigenvalue weighted by atomic mass is 16.3. The number of nitrogens with zero attached hydrogens (tertiary/aromatic N) is 1. The number of aliphatic hydroxyl groups is 1. The normalized spacial score (nSPS) is 10.8. The summed E-state index contributed by atoms with van der Waals surface area (Å²) in [6.45, 7) is 4.29. The van der Waals surface area contributed by atoms with E-state index in [9.17, 15) is 9.59 Å². The van der Waals surface area contributed by atoms with E-state index in [4.69, 9.17) is 5.11 Å². The number of imidazole rings is 1. The average Bonchev–Trinajstić information content (AvgIpc) is 2.64. The van der Waals surface area contributed by atoms with E-state index >= 15 is 0 Å². The summed E-state index contributed by atoms with van der Waals surface area (Å²) in [5.74, 6) is -0.234. The second-order valence-corrected chi connectivity index (χ2v) is 3.83. The number of aromatic nitrogens is 2. The van der Waals surface area contributed by atoms with Gasteiger partial charge in [0, 0.05) is 25.4 Å². The number of nitrogens with one attached hydrogen (secondary N) is 2. The van der Waals surface area contributed by atoms with Crippen molar-refractivity contribution in [3.63, 3.8) is 0 Å². The molecule has 0 saturated heterocycles. The van der Waals surface area contributed by atoms with Gasteiger partial charge in [0.15, 0.2) is 0 Å². The number of H-pyrrole nitrogens is 2. The molecule has 3 N–H and O–H groups in total. The standard InChI is InChI=1S/C10H17N3O3/c1-7(2)13(4-3-5-14)9(15)8-6-11-10(16)12-8/h6-7,14H,3-5H2,1-2H3,(H2,11,12,16). The monoisotopic (exact) mass is 227 g/mol. The third-order valence-corrected chi connectivity index (χ3v) is 2.27. The van der Waals surface area contributed by atoms with Crippen molar-refractivity contribution in [1.29, 1.82) is 0 Å². The fraction of sp³-hybridized carbons (Fsp3) is 0.600. The van der Waals surface area contributed by atoms with Crippen molar-refractivity contribution < 1.29 is 9.90 Å². The minimum atomic E-state index is -0.394. The van der Waals surface area contributed by atoms with E-state index in [0.717, 1.165) is 0 Å². The zero-order chi connectivity index (χ0) is 12.1. The van der Waals surface area contributed by atoms with Gasteiger partial charge in [-0.1, -0.05) is 0 Å². The van der Waals surface area contributed by atoms with Gasteiger partial charge in [0.05, 0.1) is 0 Å². The van der Waals surface area contributed by atoms with Crippen LogP contribution in [0.5, 0.6) is 0 Å². The summed E-state index contributed by atoms with van der Waals surface area (Å²) in [6, 6.07) is 0.0254. The van der Waals surface area contributed by atoms with Crippen molar-refractivity contribution in [1.82, 2.24) is 14.9 Å². The van der Waals surface area contributed by atoms with E-state index in [0.29, 0.717) is 13.0 Å². The minimum absolute atomic E-state index is 0.0254. The highest BCUT2D eigenvalue weighted by Gasteiger charge is 2.19. The van der Waals surface area contributed by atoms with Crippen LogP contribution in [0.3, 0.4) is 0 Å². The molecule has 0 aliphatic rings. The molecule has 0 aliphatic carbocycles. The zero-order valence-electron chi connectivity index (χ0n) is 9.49. The Labute approximate surface area is 93.3 Å². The van der Waals surface area contributed by atoms with Crippen LogP contribution in [-0.4, -0.2) is 45.1 Å². The Bertz CT molecular complexity index is 394. The molecule has 1 heterocycles. The molecule has 1 rings (SSSR count). The lowest BCUT2D eigenvalue weighted by Gasteiger charge is -2.25. The number of carbonyl (C=O) groups is 1. The first-order chi connectivity index (χ1) is 7.56. The number of hydrogen-bond donors (Lipinski definition) is 3. The molecule has 0 bridgehead atoms. The summed E-state index contributed by atoms with van der Waals surface area (Å²) in [7, 11) is 0. The Balaban J connectivity index is 2.78. The lowest BCUT2D eigenvalue weighted by Crippen LogP contribution is -2.38. The maximum atomic E-state index is 12.0. The summed E-state index contributed by atoms with van der Waals surface area (Å²) in [5.41, 5.74) is -0.147. The summed E-state index contributed by atoms with van der Waals surface area (Å²) in [6.07, 6.45) is 1.89. The van der Waals surface area contributed by atoms with Gasteiger partial charge in [-0.3, -0.25) is 4.79 Å². The zero-order valence-corrected chi connectivity index (χ0v) is 9.49. The van der Waals surface area contributed by atoms with Crippen molar-refractivity contribution in [2.45, 2.75) is 26.3 Å². The van der Waals surface area contributed by atoms with E-state index < -0.39 is 5.69 Å². The smallest absolute Gasteiger partial charge is 0.323 e. The molecule has 0 aliphatic heterocycles. The maximum Gasteiger partial charge on any atom is 0.323 e. The SMILES string of the molecule is CC(C)N(CCCO)C(=O)c1c[nH]c(=O)[nH]1. The first kappa shape index (κ1) is 12.5. The van der Waals surface area contributed by atoms with Crippen LogP contribution < -0.4 is 5.69 Å². The molecule has 1 aromatic rings. The number of hydrogen-bond acceptors (Lipinski definition) is 3. The molecule has 0 atom stereocenters. The highest BCUT2D eigenvalue weighted by molar-refractivity contribution is 5.92. The second kappa shape index (κ2) is 5.50. The van der Waals surface area contributed by atoms with Crippen LogP contribution in [0, 0.1) is 0 Å².